The van der Waals surface area contributed by atoms with E-state index in [0.717, 1.165) is 16.9 Å². The molecule has 0 saturated carbocycles. The highest BCUT2D eigenvalue weighted by molar-refractivity contribution is 6.01. The summed E-state index contributed by atoms with van der Waals surface area (Å²) in [5, 5.41) is 9.63. The molecule has 6 nitrogen and oxygen atoms in total. The van der Waals surface area contributed by atoms with Crippen LogP contribution in [0.5, 0.6) is 11.5 Å². The Morgan fingerprint density at radius 2 is 2.04 bits per heavy atom. The number of fused-ring (bicyclic) bond motifs is 1. The lowest BCUT2D eigenvalue weighted by Crippen LogP contribution is -2.29. The Kier molecular flexibility index (Phi) is 3.46. The number of ether oxygens (including phenoxy) is 2. The van der Waals surface area contributed by atoms with Crippen LogP contribution in [-0.2, 0) is 0 Å². The monoisotopic (exact) mass is 314 g/mol. The number of H-pyrrole nitrogens is 1. The number of hydrogen-bond acceptors (Lipinski definition) is 4. The number of β-amino-alcohol motifs (C(OH)–C–C–N with tert-alkyl or cyclic N) is 1. The lowest BCUT2D eigenvalue weighted by molar-refractivity contribution is 0.0766. The number of aliphatic hydroxyl groups excluding tert-OH is 1. The number of amides is 1. The largest absolute Gasteiger partial charge is 0.486 e. The van der Waals surface area contributed by atoms with E-state index in [1.54, 1.807) is 11.1 Å². The molecule has 0 spiro atoms. The van der Waals surface area contributed by atoms with E-state index in [0.29, 0.717) is 44.0 Å². The zero-order valence-electron chi connectivity index (χ0n) is 12.6. The molecule has 1 aromatic heterocycles. The number of carbonyl (C=O) groups excluding carboxylic acids is 1. The maximum atomic E-state index is 12.7. The Labute approximate surface area is 133 Å². The van der Waals surface area contributed by atoms with E-state index in [2.05, 4.69) is 4.98 Å². The predicted molar refractivity (Wildman–Crippen MR) is 83.7 cm³/mol. The summed E-state index contributed by atoms with van der Waals surface area (Å²) in [6, 6.07) is 5.68. The summed E-state index contributed by atoms with van der Waals surface area (Å²) in [4.78, 5) is 17.4. The Morgan fingerprint density at radius 3 is 2.83 bits per heavy atom. The molecule has 1 fully saturated rings. The van der Waals surface area contributed by atoms with Gasteiger partial charge in [-0.3, -0.25) is 4.79 Å². The van der Waals surface area contributed by atoms with Crippen LogP contribution in [0.2, 0.25) is 0 Å². The summed E-state index contributed by atoms with van der Waals surface area (Å²) in [6.07, 6.45) is 3.73. The standard InChI is InChI=1S/C17H18N2O4/c20-12-3-4-19(10-12)17(21)14-9-18-8-13(14)11-1-2-15-16(7-11)23-6-5-22-15/h1-2,7-9,12,18,20H,3-6,10H2/t12-/m1/s1. The average Bonchev–Trinajstić information content (AvgIpc) is 3.23. The van der Waals surface area contributed by atoms with E-state index >= 15 is 0 Å². The van der Waals surface area contributed by atoms with Gasteiger partial charge in [0.25, 0.3) is 5.91 Å². The van der Waals surface area contributed by atoms with Crippen molar-refractivity contribution in [2.45, 2.75) is 12.5 Å². The van der Waals surface area contributed by atoms with Crippen LogP contribution in [0.15, 0.2) is 30.6 Å². The van der Waals surface area contributed by atoms with Gasteiger partial charge in [0.1, 0.15) is 13.2 Å². The number of nitrogens with zero attached hydrogens (tertiary/aromatic N) is 1. The fourth-order valence-electron chi connectivity index (χ4n) is 3.09. The molecule has 1 saturated heterocycles. The van der Waals surface area contributed by atoms with E-state index in [-0.39, 0.29) is 5.91 Å². The molecule has 120 valence electrons. The normalized spacial score (nSPS) is 19.9. The number of nitrogens with one attached hydrogen (secondary N) is 1. The Morgan fingerprint density at radius 1 is 1.22 bits per heavy atom. The van der Waals surface area contributed by atoms with Gasteiger partial charge in [0.15, 0.2) is 11.5 Å². The van der Waals surface area contributed by atoms with E-state index in [1.807, 2.05) is 24.4 Å². The van der Waals surface area contributed by atoms with Crippen molar-refractivity contribution in [3.63, 3.8) is 0 Å². The average molecular weight is 314 g/mol. The molecule has 4 rings (SSSR count). The topological polar surface area (TPSA) is 74.8 Å². The van der Waals surface area contributed by atoms with Crippen molar-refractivity contribution in [1.29, 1.82) is 0 Å². The molecule has 0 unspecified atom stereocenters. The SMILES string of the molecule is O=C(c1c[nH]cc1-c1ccc2c(c1)OCCO2)N1CC[C@@H](O)C1. The second kappa shape index (κ2) is 5.62. The van der Waals surface area contributed by atoms with E-state index in [1.165, 1.54) is 0 Å². The Bertz CT molecular complexity index is 740. The van der Waals surface area contributed by atoms with Gasteiger partial charge in [0, 0.05) is 31.0 Å². The highest BCUT2D eigenvalue weighted by atomic mass is 16.6. The molecule has 1 amide bonds. The lowest BCUT2D eigenvalue weighted by Gasteiger charge is -2.19. The van der Waals surface area contributed by atoms with Crippen LogP contribution in [-0.4, -0.2) is 53.3 Å². The highest BCUT2D eigenvalue weighted by Gasteiger charge is 2.27. The van der Waals surface area contributed by atoms with Gasteiger partial charge in [-0.2, -0.15) is 0 Å². The van der Waals surface area contributed by atoms with Gasteiger partial charge in [-0.25, -0.2) is 0 Å². The molecule has 2 N–H and O–H groups in total. The van der Waals surface area contributed by atoms with Crippen molar-refractivity contribution in [2.75, 3.05) is 26.3 Å². The third-order valence-electron chi connectivity index (χ3n) is 4.28. The second-order valence-corrected chi connectivity index (χ2v) is 5.83. The fraction of sp³-hybridized carbons (Fsp3) is 0.353. The van der Waals surface area contributed by atoms with Crippen molar-refractivity contribution in [1.82, 2.24) is 9.88 Å². The number of hydrogen-bond donors (Lipinski definition) is 2. The first-order valence-corrected chi connectivity index (χ1v) is 7.76. The van der Waals surface area contributed by atoms with E-state index < -0.39 is 6.10 Å². The van der Waals surface area contributed by atoms with Crippen LogP contribution in [0.4, 0.5) is 0 Å². The van der Waals surface area contributed by atoms with Crippen molar-refractivity contribution >= 4 is 5.91 Å². The second-order valence-electron chi connectivity index (χ2n) is 5.83. The van der Waals surface area contributed by atoms with Gasteiger partial charge < -0.3 is 24.5 Å². The molecule has 3 heterocycles. The van der Waals surface area contributed by atoms with Gasteiger partial charge in [-0.05, 0) is 24.1 Å². The zero-order chi connectivity index (χ0) is 15.8. The van der Waals surface area contributed by atoms with Gasteiger partial charge in [0.2, 0.25) is 0 Å². The number of aromatic amines is 1. The van der Waals surface area contributed by atoms with Crippen LogP contribution in [0.3, 0.4) is 0 Å². The van der Waals surface area contributed by atoms with Crippen LogP contribution in [0, 0.1) is 0 Å². The molecule has 23 heavy (non-hydrogen) atoms. The summed E-state index contributed by atoms with van der Waals surface area (Å²) in [5.41, 5.74) is 2.34. The smallest absolute Gasteiger partial charge is 0.256 e. The summed E-state index contributed by atoms with van der Waals surface area (Å²) >= 11 is 0. The summed E-state index contributed by atoms with van der Waals surface area (Å²) in [7, 11) is 0. The molecule has 1 atom stereocenters. The third kappa shape index (κ3) is 2.55. The Hall–Kier alpha value is -2.47. The van der Waals surface area contributed by atoms with Gasteiger partial charge in [0.05, 0.1) is 11.7 Å². The molecule has 2 aliphatic heterocycles. The van der Waals surface area contributed by atoms with Gasteiger partial charge in [-0.15, -0.1) is 0 Å². The maximum absolute atomic E-state index is 12.7. The summed E-state index contributed by atoms with van der Waals surface area (Å²) in [6.45, 7) is 2.06. The molecule has 1 aromatic carbocycles. The minimum Gasteiger partial charge on any atom is -0.486 e. The van der Waals surface area contributed by atoms with Crippen LogP contribution >= 0.6 is 0 Å². The lowest BCUT2D eigenvalue weighted by atomic mass is 10.0. The molecule has 0 bridgehead atoms. The fourth-order valence-corrected chi connectivity index (χ4v) is 3.09. The molecule has 0 radical (unpaired) electrons. The van der Waals surface area contributed by atoms with Crippen molar-refractivity contribution in [2.24, 2.45) is 0 Å². The van der Waals surface area contributed by atoms with Crippen molar-refractivity contribution in [3.05, 3.63) is 36.2 Å². The minimum absolute atomic E-state index is 0.0623. The first-order valence-electron chi connectivity index (χ1n) is 7.76. The molecule has 2 aliphatic rings. The number of aliphatic hydroxyl groups is 1. The van der Waals surface area contributed by atoms with Gasteiger partial charge in [-0.1, -0.05) is 6.07 Å². The van der Waals surface area contributed by atoms with Crippen LogP contribution in [0.25, 0.3) is 11.1 Å². The number of rotatable bonds is 2. The molecular formula is C17H18N2O4. The first-order chi connectivity index (χ1) is 11.2. The number of carbonyl (C=O) groups is 1. The molecule has 0 aliphatic carbocycles. The summed E-state index contributed by atoms with van der Waals surface area (Å²) < 4.78 is 11.1. The zero-order valence-corrected chi connectivity index (χ0v) is 12.6. The first kappa shape index (κ1) is 14.1. The third-order valence-corrected chi connectivity index (χ3v) is 4.28. The predicted octanol–water partition coefficient (Wildman–Crippen LogP) is 1.66. The van der Waals surface area contributed by atoms with Crippen molar-refractivity contribution in [3.8, 4) is 22.6 Å². The van der Waals surface area contributed by atoms with Crippen molar-refractivity contribution < 1.29 is 19.4 Å². The molecule has 6 heteroatoms. The van der Waals surface area contributed by atoms with E-state index in [4.69, 9.17) is 9.47 Å². The van der Waals surface area contributed by atoms with E-state index in [9.17, 15) is 9.90 Å². The van der Waals surface area contributed by atoms with Gasteiger partial charge >= 0.3 is 0 Å². The van der Waals surface area contributed by atoms with Crippen LogP contribution < -0.4 is 9.47 Å². The Balaban J connectivity index is 1.66. The number of likely N-dealkylation sites (tertiary alicyclic amines) is 1. The van der Waals surface area contributed by atoms with Crippen LogP contribution in [0.1, 0.15) is 16.8 Å². The summed E-state index contributed by atoms with van der Waals surface area (Å²) in [5.74, 6) is 1.36. The highest BCUT2D eigenvalue weighted by Crippen LogP contribution is 2.36. The maximum Gasteiger partial charge on any atom is 0.256 e. The quantitative estimate of drug-likeness (QED) is 0.884. The number of benzene rings is 1. The minimum atomic E-state index is -0.421. The molecule has 2 aromatic rings. The number of aromatic nitrogens is 1. The molecular weight excluding hydrogens is 296 g/mol.